The molecule has 5 nitrogen and oxygen atoms in total. The number of aromatic nitrogens is 2. The van der Waals surface area contributed by atoms with Gasteiger partial charge in [0.15, 0.2) is 11.5 Å². The number of rotatable bonds is 4. The van der Waals surface area contributed by atoms with Crippen LogP contribution in [0.1, 0.15) is 5.56 Å². The summed E-state index contributed by atoms with van der Waals surface area (Å²) in [5.41, 5.74) is 3.71. The second-order valence-corrected chi connectivity index (χ2v) is 7.04. The summed E-state index contributed by atoms with van der Waals surface area (Å²) in [6.07, 6.45) is 0. The van der Waals surface area contributed by atoms with Gasteiger partial charge >= 0.3 is 0 Å². The van der Waals surface area contributed by atoms with Gasteiger partial charge in [-0.3, -0.25) is 4.79 Å². The monoisotopic (exact) mass is 378 g/mol. The van der Waals surface area contributed by atoms with Crippen LogP contribution >= 0.6 is 11.3 Å². The third kappa shape index (κ3) is 3.08. The van der Waals surface area contributed by atoms with Crippen LogP contribution in [0.3, 0.4) is 0 Å². The molecule has 0 unspecified atom stereocenters. The fourth-order valence-electron chi connectivity index (χ4n) is 3.01. The molecule has 2 aromatic heterocycles. The summed E-state index contributed by atoms with van der Waals surface area (Å²) in [5, 5.41) is 2.60. The van der Waals surface area contributed by atoms with Crippen LogP contribution in [0.4, 0.5) is 0 Å². The number of H-pyrrole nitrogens is 1. The molecule has 0 aliphatic rings. The zero-order chi connectivity index (χ0) is 19.0. The number of nitrogens with one attached hydrogen (secondary N) is 1. The zero-order valence-corrected chi connectivity index (χ0v) is 16.0. The summed E-state index contributed by atoms with van der Waals surface area (Å²) >= 11 is 1.47. The van der Waals surface area contributed by atoms with Crippen LogP contribution in [0.25, 0.3) is 32.7 Å². The third-order valence-corrected chi connectivity index (χ3v) is 5.34. The first kappa shape index (κ1) is 17.3. The van der Waals surface area contributed by atoms with E-state index in [1.165, 1.54) is 16.9 Å². The highest BCUT2D eigenvalue weighted by Gasteiger charge is 2.15. The van der Waals surface area contributed by atoms with E-state index in [2.05, 4.69) is 9.97 Å². The van der Waals surface area contributed by atoms with Crippen LogP contribution in [0, 0.1) is 6.92 Å². The number of aryl methyl sites for hydroxylation is 1. The molecule has 0 atom stereocenters. The minimum absolute atomic E-state index is 0.151. The van der Waals surface area contributed by atoms with Gasteiger partial charge in [0.25, 0.3) is 5.56 Å². The number of nitrogens with zero attached hydrogens (tertiary/aromatic N) is 1. The van der Waals surface area contributed by atoms with E-state index in [0.717, 1.165) is 16.7 Å². The van der Waals surface area contributed by atoms with Crippen molar-refractivity contribution in [2.75, 3.05) is 14.2 Å². The Bertz CT molecular complexity index is 1180. The number of hydrogen-bond donors (Lipinski definition) is 1. The molecule has 2 aromatic carbocycles. The molecule has 2 heterocycles. The van der Waals surface area contributed by atoms with Gasteiger partial charge in [0.1, 0.15) is 10.7 Å². The van der Waals surface area contributed by atoms with E-state index in [0.29, 0.717) is 27.5 Å². The number of ether oxygens (including phenoxy) is 2. The van der Waals surface area contributed by atoms with E-state index in [1.54, 1.807) is 26.4 Å². The topological polar surface area (TPSA) is 64.2 Å². The molecular formula is C21H18N2O3S. The van der Waals surface area contributed by atoms with E-state index < -0.39 is 0 Å². The number of hydrogen-bond acceptors (Lipinski definition) is 5. The molecule has 0 amide bonds. The molecule has 0 radical (unpaired) electrons. The average Bonchev–Trinajstić information content (AvgIpc) is 3.12. The fraction of sp³-hybridized carbons (Fsp3) is 0.143. The Labute approximate surface area is 160 Å². The molecule has 0 saturated heterocycles. The molecule has 4 rings (SSSR count). The minimum Gasteiger partial charge on any atom is -0.493 e. The lowest BCUT2D eigenvalue weighted by Gasteiger charge is -2.09. The number of aromatic amines is 1. The molecule has 4 aromatic rings. The van der Waals surface area contributed by atoms with Gasteiger partial charge in [-0.15, -0.1) is 11.3 Å². The standard InChI is InChI=1S/C21H18N2O3S/c1-12-4-6-13(7-5-12)15-11-27-21-18(15)20(24)22-19(23-21)14-8-9-16(25-2)17(10-14)26-3/h4-11H,1-3H3,(H,22,23,24). The quantitative estimate of drug-likeness (QED) is 0.562. The van der Waals surface area contributed by atoms with Gasteiger partial charge in [-0.1, -0.05) is 29.8 Å². The summed E-state index contributed by atoms with van der Waals surface area (Å²) in [5.74, 6) is 1.72. The molecule has 0 aliphatic heterocycles. The molecular weight excluding hydrogens is 360 g/mol. The largest absolute Gasteiger partial charge is 0.493 e. The first-order valence-corrected chi connectivity index (χ1v) is 9.29. The third-order valence-electron chi connectivity index (χ3n) is 4.46. The van der Waals surface area contributed by atoms with Gasteiger partial charge in [-0.25, -0.2) is 4.98 Å². The van der Waals surface area contributed by atoms with E-state index in [9.17, 15) is 4.79 Å². The van der Waals surface area contributed by atoms with Crippen molar-refractivity contribution in [2.24, 2.45) is 0 Å². The van der Waals surface area contributed by atoms with Crippen LogP contribution in [0.5, 0.6) is 11.5 Å². The van der Waals surface area contributed by atoms with E-state index >= 15 is 0 Å². The first-order chi connectivity index (χ1) is 13.1. The van der Waals surface area contributed by atoms with E-state index in [-0.39, 0.29) is 5.56 Å². The smallest absolute Gasteiger partial charge is 0.260 e. The fourth-order valence-corrected chi connectivity index (χ4v) is 3.96. The highest BCUT2D eigenvalue weighted by atomic mass is 32.1. The Kier molecular flexibility index (Phi) is 4.41. The Morgan fingerprint density at radius 2 is 1.67 bits per heavy atom. The SMILES string of the molecule is COc1ccc(-c2nc3scc(-c4ccc(C)cc4)c3c(=O)[nH]2)cc1OC. The first-order valence-electron chi connectivity index (χ1n) is 8.41. The summed E-state index contributed by atoms with van der Waals surface area (Å²) in [6.45, 7) is 2.04. The maximum Gasteiger partial charge on any atom is 0.260 e. The van der Waals surface area contributed by atoms with Crippen molar-refractivity contribution in [1.82, 2.24) is 9.97 Å². The predicted octanol–water partition coefficient (Wildman–Crippen LogP) is 4.64. The predicted molar refractivity (Wildman–Crippen MR) is 109 cm³/mol. The van der Waals surface area contributed by atoms with Crippen molar-refractivity contribution < 1.29 is 9.47 Å². The van der Waals surface area contributed by atoms with Gasteiger partial charge in [-0.2, -0.15) is 0 Å². The molecule has 27 heavy (non-hydrogen) atoms. The molecule has 1 N–H and O–H groups in total. The minimum atomic E-state index is -0.151. The van der Waals surface area contributed by atoms with Crippen molar-refractivity contribution in [2.45, 2.75) is 6.92 Å². The number of methoxy groups -OCH3 is 2. The zero-order valence-electron chi connectivity index (χ0n) is 15.2. The highest BCUT2D eigenvalue weighted by molar-refractivity contribution is 7.17. The summed E-state index contributed by atoms with van der Waals surface area (Å²) in [7, 11) is 3.16. The van der Waals surface area contributed by atoms with Gasteiger partial charge in [0, 0.05) is 16.5 Å². The van der Waals surface area contributed by atoms with Gasteiger partial charge in [0.05, 0.1) is 19.6 Å². The molecule has 0 fully saturated rings. The maximum absolute atomic E-state index is 12.8. The molecule has 0 saturated carbocycles. The second-order valence-electron chi connectivity index (χ2n) is 6.18. The molecule has 136 valence electrons. The van der Waals surface area contributed by atoms with Crippen LogP contribution in [-0.4, -0.2) is 24.2 Å². The van der Waals surface area contributed by atoms with Crippen LogP contribution in [-0.2, 0) is 0 Å². The molecule has 0 aliphatic carbocycles. The van der Waals surface area contributed by atoms with Crippen molar-refractivity contribution in [3.05, 3.63) is 63.8 Å². The lowest BCUT2D eigenvalue weighted by Crippen LogP contribution is -2.09. The van der Waals surface area contributed by atoms with Gasteiger partial charge in [0.2, 0.25) is 0 Å². The Morgan fingerprint density at radius 3 is 2.37 bits per heavy atom. The van der Waals surface area contributed by atoms with E-state index in [4.69, 9.17) is 9.47 Å². The lowest BCUT2D eigenvalue weighted by molar-refractivity contribution is 0.355. The summed E-state index contributed by atoms with van der Waals surface area (Å²) < 4.78 is 10.6. The Morgan fingerprint density at radius 1 is 0.963 bits per heavy atom. The summed E-state index contributed by atoms with van der Waals surface area (Å²) in [6, 6.07) is 13.6. The van der Waals surface area contributed by atoms with Gasteiger partial charge < -0.3 is 14.5 Å². The number of thiophene rings is 1. The maximum atomic E-state index is 12.8. The Balaban J connectivity index is 1.84. The molecule has 0 bridgehead atoms. The molecule has 6 heteroatoms. The van der Waals surface area contributed by atoms with Crippen molar-refractivity contribution >= 4 is 21.6 Å². The van der Waals surface area contributed by atoms with Crippen LogP contribution in [0.2, 0.25) is 0 Å². The highest BCUT2D eigenvalue weighted by Crippen LogP contribution is 2.34. The average molecular weight is 378 g/mol. The lowest BCUT2D eigenvalue weighted by atomic mass is 10.0. The normalized spacial score (nSPS) is 10.9. The Hall–Kier alpha value is -3.12. The van der Waals surface area contributed by atoms with E-state index in [1.807, 2.05) is 42.6 Å². The van der Waals surface area contributed by atoms with Crippen molar-refractivity contribution in [3.8, 4) is 34.0 Å². The molecule has 0 spiro atoms. The van der Waals surface area contributed by atoms with Crippen LogP contribution in [0.15, 0.2) is 52.6 Å². The van der Waals surface area contributed by atoms with Crippen LogP contribution < -0.4 is 15.0 Å². The van der Waals surface area contributed by atoms with Crippen molar-refractivity contribution in [3.63, 3.8) is 0 Å². The van der Waals surface area contributed by atoms with Crippen molar-refractivity contribution in [1.29, 1.82) is 0 Å². The number of fused-ring (bicyclic) bond motifs is 1. The number of benzene rings is 2. The second kappa shape index (κ2) is 6.89. The van der Waals surface area contributed by atoms with Gasteiger partial charge in [-0.05, 0) is 30.7 Å². The summed E-state index contributed by atoms with van der Waals surface area (Å²) in [4.78, 5) is 21.1.